The smallest absolute Gasteiger partial charge is 0.335 e. The Morgan fingerprint density at radius 3 is 0.923 bits per heavy atom. The summed E-state index contributed by atoms with van der Waals surface area (Å²) in [5.74, 6) is -4.83. The molecule has 0 spiro atoms. The molecule has 0 bridgehead atoms. The Hall–Kier alpha value is -5.02. The van der Waals surface area contributed by atoms with Gasteiger partial charge in [-0.15, -0.1) is 0 Å². The molecule has 0 aliphatic carbocycles. The lowest BCUT2D eigenvalue weighted by molar-refractivity contribution is 0.0676. The van der Waals surface area contributed by atoms with E-state index in [0.717, 1.165) is 22.5 Å². The van der Waals surface area contributed by atoms with Crippen LogP contribution in [0.3, 0.4) is 0 Å². The number of carbonyl (C=O) groups is 4. The number of rotatable bonds is 8. The number of carboxylic acids is 4. The topological polar surface area (TPSA) is 149 Å². The molecule has 0 aliphatic heterocycles. The van der Waals surface area contributed by atoms with Gasteiger partial charge < -0.3 is 20.4 Å². The third kappa shape index (κ3) is 5.63. The van der Waals surface area contributed by atoms with E-state index in [-0.39, 0.29) is 22.3 Å². The van der Waals surface area contributed by atoms with Crippen molar-refractivity contribution in [1.82, 2.24) is 0 Å². The zero-order valence-electron chi connectivity index (χ0n) is 21.0. The van der Waals surface area contributed by atoms with Gasteiger partial charge in [-0.3, -0.25) is 0 Å². The van der Waals surface area contributed by atoms with Crippen molar-refractivity contribution >= 4 is 42.3 Å². The molecule has 0 amide bonds. The number of carboxylic acid groups (broad SMARTS) is 4. The van der Waals surface area contributed by atoms with Crippen LogP contribution in [0.1, 0.15) is 41.4 Å². The van der Waals surface area contributed by atoms with Crippen LogP contribution >= 0.6 is 0 Å². The minimum absolute atomic E-state index is 0.104. The number of hydrogen-bond donors (Lipinski definition) is 4. The summed E-state index contributed by atoms with van der Waals surface area (Å²) in [4.78, 5) is 45.9. The average Bonchev–Trinajstić information content (AvgIpc) is 2.92. The maximum Gasteiger partial charge on any atom is 0.335 e. The van der Waals surface area contributed by atoms with Crippen LogP contribution in [0.15, 0.2) is 84.9 Å². The van der Waals surface area contributed by atoms with Gasteiger partial charge >= 0.3 is 23.9 Å². The Morgan fingerprint density at radius 2 is 0.692 bits per heavy atom. The minimum Gasteiger partial charge on any atom is -0.478 e. The molecule has 4 aromatic carbocycles. The monoisotopic (exact) mass is 540 g/mol. The zero-order valence-corrected chi connectivity index (χ0v) is 22.0. The van der Waals surface area contributed by atoms with Gasteiger partial charge in [0.2, 0.25) is 0 Å². The highest BCUT2D eigenvalue weighted by atomic mass is 28.3. The van der Waals surface area contributed by atoms with Crippen LogP contribution in [-0.2, 0) is 0 Å². The highest BCUT2D eigenvalue weighted by Crippen LogP contribution is 2.25. The fraction of sp³-hybridized carbons (Fsp3) is 0.0667. The summed E-state index contributed by atoms with van der Waals surface area (Å²) in [7, 11) is -2.19. The molecular formula is C30H24O8Si. The number of hydrogen-bond acceptors (Lipinski definition) is 4. The van der Waals surface area contributed by atoms with Crippen LogP contribution in [0.2, 0.25) is 13.1 Å². The van der Waals surface area contributed by atoms with E-state index in [2.05, 4.69) is 13.1 Å². The third-order valence-corrected chi connectivity index (χ3v) is 10.3. The molecule has 4 rings (SSSR count). The lowest BCUT2D eigenvalue weighted by Gasteiger charge is -2.24. The van der Waals surface area contributed by atoms with E-state index in [1.165, 1.54) is 24.3 Å². The molecule has 8 nitrogen and oxygen atoms in total. The van der Waals surface area contributed by atoms with Gasteiger partial charge in [0.1, 0.15) is 8.07 Å². The molecule has 0 radical (unpaired) electrons. The normalized spacial score (nSPS) is 11.1. The molecule has 0 heterocycles. The number of aromatic carboxylic acids is 4. The Balaban J connectivity index is 1.65. The van der Waals surface area contributed by atoms with Gasteiger partial charge in [0.25, 0.3) is 0 Å². The fourth-order valence-electron chi connectivity index (χ4n) is 4.41. The van der Waals surface area contributed by atoms with Crippen molar-refractivity contribution in [2.24, 2.45) is 0 Å². The van der Waals surface area contributed by atoms with E-state index in [1.54, 1.807) is 0 Å². The van der Waals surface area contributed by atoms with Crippen molar-refractivity contribution in [2.75, 3.05) is 0 Å². The van der Waals surface area contributed by atoms with Gasteiger partial charge in [0, 0.05) is 0 Å². The second kappa shape index (κ2) is 10.4. The van der Waals surface area contributed by atoms with Crippen molar-refractivity contribution in [3.63, 3.8) is 0 Å². The molecule has 0 saturated carbocycles. The van der Waals surface area contributed by atoms with Crippen molar-refractivity contribution in [1.29, 1.82) is 0 Å². The molecule has 0 aromatic heterocycles. The number of benzene rings is 4. The van der Waals surface area contributed by atoms with Crippen molar-refractivity contribution in [3.05, 3.63) is 107 Å². The second-order valence-electron chi connectivity index (χ2n) is 9.60. The Labute approximate surface area is 224 Å². The standard InChI is InChI=1S/C30H24O8Si/c1-39(2,25-7-3-17(4-8-25)19-11-21(27(31)32)15-22(12-19)28(33)34)26-9-5-18(6-10-26)20-13-23(29(35)36)16-24(14-20)30(37)38/h3-16H,1-2H3,(H,31,32)(H,33,34)(H,35,36)(H,37,38). The lowest BCUT2D eigenvalue weighted by atomic mass is 10.00. The first-order chi connectivity index (χ1) is 18.4. The first-order valence-corrected chi connectivity index (χ1v) is 14.8. The maximum atomic E-state index is 11.5. The SMILES string of the molecule is C[Si](C)(c1ccc(-c2cc(C(=O)O)cc(C(=O)O)c2)cc1)c1ccc(-c2cc(C(=O)O)cc(C(=O)O)c2)cc1. The molecule has 0 fully saturated rings. The highest BCUT2D eigenvalue weighted by Gasteiger charge is 2.26. The molecule has 4 N–H and O–H groups in total. The Bertz CT molecular complexity index is 1430. The van der Waals surface area contributed by atoms with Crippen LogP contribution < -0.4 is 10.4 Å². The molecule has 0 saturated heterocycles. The van der Waals surface area contributed by atoms with Crippen molar-refractivity contribution < 1.29 is 39.6 Å². The van der Waals surface area contributed by atoms with Gasteiger partial charge in [-0.1, -0.05) is 72.0 Å². The van der Waals surface area contributed by atoms with E-state index >= 15 is 0 Å². The first-order valence-electron chi connectivity index (χ1n) is 11.8. The summed E-state index contributed by atoms with van der Waals surface area (Å²) in [6.45, 7) is 4.33. The predicted molar refractivity (Wildman–Crippen MR) is 148 cm³/mol. The summed E-state index contributed by atoms with van der Waals surface area (Å²) in [5.41, 5.74) is 1.95. The minimum atomic E-state index is -2.19. The molecule has 0 unspecified atom stereocenters. The van der Waals surface area contributed by atoms with Crippen LogP contribution in [0.4, 0.5) is 0 Å². The predicted octanol–water partition coefficient (Wildman–Crippen LogP) is 4.64. The lowest BCUT2D eigenvalue weighted by Crippen LogP contribution is -2.52. The molecular weight excluding hydrogens is 516 g/mol. The highest BCUT2D eigenvalue weighted by molar-refractivity contribution is 7.00. The van der Waals surface area contributed by atoms with E-state index in [9.17, 15) is 39.6 Å². The van der Waals surface area contributed by atoms with E-state index in [1.807, 2.05) is 48.5 Å². The van der Waals surface area contributed by atoms with Crippen LogP contribution in [0.5, 0.6) is 0 Å². The third-order valence-electron chi connectivity index (χ3n) is 6.73. The van der Waals surface area contributed by atoms with Crippen LogP contribution in [-0.4, -0.2) is 52.4 Å². The first kappa shape index (κ1) is 27.0. The van der Waals surface area contributed by atoms with Gasteiger partial charge in [-0.05, 0) is 58.7 Å². The molecule has 0 aliphatic rings. The molecule has 39 heavy (non-hydrogen) atoms. The molecule has 196 valence electrons. The van der Waals surface area contributed by atoms with Crippen molar-refractivity contribution in [3.8, 4) is 22.3 Å². The van der Waals surface area contributed by atoms with Gasteiger partial charge in [-0.25, -0.2) is 19.2 Å². The summed E-state index contributed by atoms with van der Waals surface area (Å²) in [5, 5.41) is 39.7. The van der Waals surface area contributed by atoms with Gasteiger partial charge in [0.15, 0.2) is 0 Å². The van der Waals surface area contributed by atoms with E-state index in [4.69, 9.17) is 0 Å². The Kier molecular flexibility index (Phi) is 7.20. The Morgan fingerprint density at radius 1 is 0.436 bits per heavy atom. The van der Waals surface area contributed by atoms with E-state index < -0.39 is 32.0 Å². The summed E-state index contributed by atoms with van der Waals surface area (Å²) in [6.07, 6.45) is 0. The second-order valence-corrected chi connectivity index (χ2v) is 14.0. The fourth-order valence-corrected chi connectivity index (χ4v) is 6.74. The van der Waals surface area contributed by atoms with E-state index in [0.29, 0.717) is 22.3 Å². The van der Waals surface area contributed by atoms with Crippen LogP contribution in [0.25, 0.3) is 22.3 Å². The van der Waals surface area contributed by atoms with Gasteiger partial charge in [-0.2, -0.15) is 0 Å². The summed E-state index contributed by atoms with van der Waals surface area (Å²) < 4.78 is 0. The van der Waals surface area contributed by atoms with Gasteiger partial charge in [0.05, 0.1) is 22.3 Å². The largest absolute Gasteiger partial charge is 0.478 e. The zero-order chi connectivity index (χ0) is 28.5. The maximum absolute atomic E-state index is 11.5. The molecule has 9 heteroatoms. The van der Waals surface area contributed by atoms with Crippen molar-refractivity contribution in [2.45, 2.75) is 13.1 Å². The average molecular weight is 541 g/mol. The quantitative estimate of drug-likeness (QED) is 0.236. The molecule has 0 atom stereocenters. The van der Waals surface area contributed by atoms with Crippen LogP contribution in [0, 0.1) is 0 Å². The summed E-state index contributed by atoms with van der Waals surface area (Å²) in [6, 6.07) is 23.2. The summed E-state index contributed by atoms with van der Waals surface area (Å²) >= 11 is 0. The molecule has 4 aromatic rings.